The van der Waals surface area contributed by atoms with Gasteiger partial charge in [-0.1, -0.05) is 37.3 Å². The van der Waals surface area contributed by atoms with E-state index in [1.807, 2.05) is 45.9 Å². The van der Waals surface area contributed by atoms with Gasteiger partial charge in [-0.2, -0.15) is 0 Å². The lowest BCUT2D eigenvalue weighted by atomic mass is 9.93. The first-order chi connectivity index (χ1) is 14.2. The summed E-state index contributed by atoms with van der Waals surface area (Å²) in [6.07, 6.45) is 3.18. The lowest BCUT2D eigenvalue weighted by Gasteiger charge is -2.35. The van der Waals surface area contributed by atoms with Crippen molar-refractivity contribution in [2.45, 2.75) is 76.5 Å². The highest BCUT2D eigenvalue weighted by Crippen LogP contribution is 2.47. The standard InChI is InChI=1S/C24H36N2O4/c1-17(21(27)25-16-24(13-14-24)18-10-7-6-8-11-18)20(29-5)19-12-9-15-26(19)22(28)30-23(2,3)4/h6-8,10-11,17,19-20H,9,12-16H2,1-5H3,(H,25,27)/t17-,19+,20-/m1/s1. The topological polar surface area (TPSA) is 67.9 Å². The van der Waals surface area contributed by atoms with Crippen LogP contribution in [0.3, 0.4) is 0 Å². The first kappa shape index (κ1) is 22.6. The minimum atomic E-state index is -0.550. The Kier molecular flexibility index (Phi) is 6.75. The van der Waals surface area contributed by atoms with Crippen molar-refractivity contribution in [3.8, 4) is 0 Å². The molecule has 2 aliphatic rings. The summed E-state index contributed by atoms with van der Waals surface area (Å²) in [6, 6.07) is 10.2. The molecule has 6 nitrogen and oxygen atoms in total. The number of benzene rings is 1. The van der Waals surface area contributed by atoms with Gasteiger partial charge in [0.1, 0.15) is 5.60 Å². The first-order valence-electron chi connectivity index (χ1n) is 11.0. The molecule has 0 unspecified atom stereocenters. The van der Waals surface area contributed by atoms with Gasteiger partial charge in [-0.25, -0.2) is 4.79 Å². The number of rotatable bonds is 7. The van der Waals surface area contributed by atoms with Gasteiger partial charge in [0.15, 0.2) is 0 Å². The van der Waals surface area contributed by atoms with Crippen LogP contribution in [0.5, 0.6) is 0 Å². The predicted molar refractivity (Wildman–Crippen MR) is 116 cm³/mol. The van der Waals surface area contributed by atoms with Crippen molar-refractivity contribution in [3.05, 3.63) is 35.9 Å². The minimum Gasteiger partial charge on any atom is -0.444 e. The van der Waals surface area contributed by atoms with Gasteiger partial charge >= 0.3 is 6.09 Å². The second-order valence-electron chi connectivity index (χ2n) is 9.74. The van der Waals surface area contributed by atoms with Gasteiger partial charge in [-0.15, -0.1) is 0 Å². The van der Waals surface area contributed by atoms with Gasteiger partial charge in [0, 0.05) is 25.6 Å². The molecule has 1 aromatic carbocycles. The number of methoxy groups -OCH3 is 1. The molecule has 0 bridgehead atoms. The van der Waals surface area contributed by atoms with Crippen LogP contribution in [0.1, 0.15) is 58.9 Å². The predicted octanol–water partition coefficient (Wildman–Crippen LogP) is 3.89. The van der Waals surface area contributed by atoms with Crippen molar-refractivity contribution < 1.29 is 19.1 Å². The van der Waals surface area contributed by atoms with Crippen LogP contribution in [0.15, 0.2) is 30.3 Å². The number of nitrogens with one attached hydrogen (secondary N) is 1. The summed E-state index contributed by atoms with van der Waals surface area (Å²) in [6.45, 7) is 8.74. The Morgan fingerprint density at radius 1 is 1.23 bits per heavy atom. The Hall–Kier alpha value is -2.08. The van der Waals surface area contributed by atoms with Crippen LogP contribution >= 0.6 is 0 Å². The average molecular weight is 417 g/mol. The van der Waals surface area contributed by atoms with E-state index in [2.05, 4.69) is 17.4 Å². The van der Waals surface area contributed by atoms with Crippen LogP contribution < -0.4 is 5.32 Å². The summed E-state index contributed by atoms with van der Waals surface area (Å²) in [4.78, 5) is 27.4. The summed E-state index contributed by atoms with van der Waals surface area (Å²) >= 11 is 0. The highest BCUT2D eigenvalue weighted by Gasteiger charge is 2.45. The second kappa shape index (κ2) is 8.96. The van der Waals surface area contributed by atoms with E-state index in [4.69, 9.17) is 9.47 Å². The van der Waals surface area contributed by atoms with E-state index in [-0.39, 0.29) is 35.5 Å². The molecule has 1 saturated heterocycles. The lowest BCUT2D eigenvalue weighted by molar-refractivity contribution is -0.130. The van der Waals surface area contributed by atoms with E-state index in [0.29, 0.717) is 13.1 Å². The number of hydrogen-bond acceptors (Lipinski definition) is 4. The largest absolute Gasteiger partial charge is 0.444 e. The molecule has 1 saturated carbocycles. The zero-order chi connectivity index (χ0) is 21.9. The molecule has 3 atom stereocenters. The fraction of sp³-hybridized carbons (Fsp3) is 0.667. The molecule has 1 aromatic rings. The Balaban J connectivity index is 1.61. The van der Waals surface area contributed by atoms with Crippen LogP contribution in [-0.4, -0.2) is 54.8 Å². The maximum Gasteiger partial charge on any atom is 0.410 e. The molecule has 2 fully saturated rings. The molecule has 0 radical (unpaired) electrons. The molecule has 6 heteroatoms. The van der Waals surface area contributed by atoms with Gasteiger partial charge in [0.2, 0.25) is 5.91 Å². The Labute approximate surface area is 180 Å². The molecule has 0 spiro atoms. The highest BCUT2D eigenvalue weighted by atomic mass is 16.6. The van der Waals surface area contributed by atoms with E-state index in [1.54, 1.807) is 12.0 Å². The number of nitrogens with zero attached hydrogens (tertiary/aromatic N) is 1. The van der Waals surface area contributed by atoms with Crippen molar-refractivity contribution in [2.24, 2.45) is 5.92 Å². The van der Waals surface area contributed by atoms with Gasteiger partial charge in [-0.3, -0.25) is 4.79 Å². The van der Waals surface area contributed by atoms with Gasteiger partial charge in [-0.05, 0) is 52.0 Å². The number of ether oxygens (including phenoxy) is 2. The van der Waals surface area contributed by atoms with Gasteiger partial charge in [0.25, 0.3) is 0 Å². The summed E-state index contributed by atoms with van der Waals surface area (Å²) in [5.41, 5.74) is 0.800. The second-order valence-corrected chi connectivity index (χ2v) is 9.74. The van der Waals surface area contributed by atoms with E-state index in [0.717, 1.165) is 25.7 Å². The summed E-state index contributed by atoms with van der Waals surface area (Å²) < 4.78 is 11.3. The monoisotopic (exact) mass is 416 g/mol. The minimum absolute atomic E-state index is 0.0277. The fourth-order valence-electron chi connectivity index (χ4n) is 4.45. The summed E-state index contributed by atoms with van der Waals surface area (Å²) in [5.74, 6) is -0.394. The smallest absolute Gasteiger partial charge is 0.410 e. The molecule has 166 valence electrons. The highest BCUT2D eigenvalue weighted by molar-refractivity contribution is 5.79. The number of hydrogen-bond donors (Lipinski definition) is 1. The molecule has 1 heterocycles. The SMILES string of the molecule is CO[C@H]([C@@H](C)C(=O)NCC1(c2ccccc2)CC1)[C@@H]1CCCN1C(=O)OC(C)(C)C. The number of carbonyl (C=O) groups excluding carboxylic acids is 2. The Bertz CT molecular complexity index is 739. The molecule has 0 aromatic heterocycles. The van der Waals surface area contributed by atoms with Crippen molar-refractivity contribution in [1.82, 2.24) is 10.2 Å². The van der Waals surface area contributed by atoms with Crippen LogP contribution in [0.4, 0.5) is 4.79 Å². The van der Waals surface area contributed by atoms with Crippen LogP contribution in [0, 0.1) is 5.92 Å². The maximum absolute atomic E-state index is 13.0. The molecule has 1 aliphatic carbocycles. The lowest BCUT2D eigenvalue weighted by Crippen LogP contribution is -2.51. The zero-order valence-corrected chi connectivity index (χ0v) is 18.9. The third kappa shape index (κ3) is 5.15. The van der Waals surface area contributed by atoms with E-state index < -0.39 is 5.60 Å². The van der Waals surface area contributed by atoms with Crippen molar-refractivity contribution >= 4 is 12.0 Å². The average Bonchev–Trinajstić information content (AvgIpc) is 3.34. The molecule has 1 N–H and O–H groups in total. The van der Waals surface area contributed by atoms with E-state index in [1.165, 1.54) is 5.56 Å². The molecule has 1 aliphatic heterocycles. The number of amides is 2. The Morgan fingerprint density at radius 3 is 2.47 bits per heavy atom. The molecule has 30 heavy (non-hydrogen) atoms. The third-order valence-corrected chi connectivity index (χ3v) is 6.33. The number of likely N-dealkylation sites (tertiary alicyclic amines) is 1. The zero-order valence-electron chi connectivity index (χ0n) is 18.9. The normalized spacial score (nSPS) is 22.3. The van der Waals surface area contributed by atoms with Crippen molar-refractivity contribution in [1.29, 1.82) is 0 Å². The molecule has 3 rings (SSSR count). The van der Waals surface area contributed by atoms with Gasteiger partial charge < -0.3 is 19.7 Å². The molecular formula is C24H36N2O4. The summed E-state index contributed by atoms with van der Waals surface area (Å²) in [7, 11) is 1.62. The van der Waals surface area contributed by atoms with E-state index >= 15 is 0 Å². The fourth-order valence-corrected chi connectivity index (χ4v) is 4.45. The van der Waals surface area contributed by atoms with Gasteiger partial charge in [0.05, 0.1) is 18.1 Å². The number of carbonyl (C=O) groups is 2. The van der Waals surface area contributed by atoms with E-state index in [9.17, 15) is 9.59 Å². The van der Waals surface area contributed by atoms with Crippen LogP contribution in [0.25, 0.3) is 0 Å². The van der Waals surface area contributed by atoms with Crippen molar-refractivity contribution in [2.75, 3.05) is 20.2 Å². The summed E-state index contributed by atoms with van der Waals surface area (Å²) in [5, 5.41) is 3.15. The quantitative estimate of drug-likeness (QED) is 0.732. The van der Waals surface area contributed by atoms with Crippen LogP contribution in [0.2, 0.25) is 0 Å². The van der Waals surface area contributed by atoms with Crippen molar-refractivity contribution in [3.63, 3.8) is 0 Å². The Morgan fingerprint density at radius 2 is 1.90 bits per heavy atom. The third-order valence-electron chi connectivity index (χ3n) is 6.33. The van der Waals surface area contributed by atoms with Crippen LogP contribution in [-0.2, 0) is 19.7 Å². The molecule has 2 amide bonds. The maximum atomic E-state index is 13.0. The molecular weight excluding hydrogens is 380 g/mol. The first-order valence-corrected chi connectivity index (χ1v) is 11.0.